The van der Waals surface area contributed by atoms with Crippen molar-refractivity contribution in [3.8, 4) is 6.07 Å². The number of nitrogens with zero attached hydrogens (tertiary/aromatic N) is 2. The number of benzene rings is 2. The van der Waals surface area contributed by atoms with Crippen LogP contribution in [0.2, 0.25) is 0 Å². The summed E-state index contributed by atoms with van der Waals surface area (Å²) in [6.45, 7) is 5.72. The van der Waals surface area contributed by atoms with Gasteiger partial charge in [0.1, 0.15) is 17.8 Å². The second-order valence-corrected chi connectivity index (χ2v) is 7.48. The van der Waals surface area contributed by atoms with E-state index in [9.17, 15) is 13.6 Å². The Kier molecular flexibility index (Phi) is 8.64. The van der Waals surface area contributed by atoms with Crippen LogP contribution >= 0.6 is 0 Å². The molecule has 3 unspecified atom stereocenters. The van der Waals surface area contributed by atoms with E-state index >= 15 is 0 Å². The predicted octanol–water partition coefficient (Wildman–Crippen LogP) is 3.79. The first kappa shape index (κ1) is 24.0. The number of hydrogen-bond acceptors (Lipinski definition) is 4. The molecule has 164 valence electrons. The third-order valence-electron chi connectivity index (χ3n) is 4.83. The third-order valence-corrected chi connectivity index (χ3v) is 4.83. The molecule has 0 aliphatic carbocycles. The van der Waals surface area contributed by atoms with Crippen molar-refractivity contribution in [2.24, 2.45) is 10.7 Å². The Bertz CT molecular complexity index is 966. The van der Waals surface area contributed by atoms with Crippen LogP contribution in [0.25, 0.3) is 0 Å². The van der Waals surface area contributed by atoms with Gasteiger partial charge in [0.25, 0.3) is 5.91 Å². The fraction of sp³-hybridized carbons (Fsp3) is 0.348. The zero-order valence-corrected chi connectivity index (χ0v) is 17.8. The van der Waals surface area contributed by atoms with Gasteiger partial charge < -0.3 is 11.1 Å². The van der Waals surface area contributed by atoms with Crippen molar-refractivity contribution in [3.05, 3.63) is 70.8 Å². The summed E-state index contributed by atoms with van der Waals surface area (Å²) in [6.07, 6.45) is 0.375. The van der Waals surface area contributed by atoms with Crippen molar-refractivity contribution < 1.29 is 13.6 Å². The van der Waals surface area contributed by atoms with E-state index in [1.165, 1.54) is 18.2 Å². The lowest BCUT2D eigenvalue weighted by Crippen LogP contribution is -2.46. The second kappa shape index (κ2) is 11.2. The molecule has 0 aliphatic rings. The van der Waals surface area contributed by atoms with Gasteiger partial charge in [-0.05, 0) is 61.6 Å². The maximum atomic E-state index is 13.5. The van der Waals surface area contributed by atoms with Crippen LogP contribution in [-0.2, 0) is 0 Å². The number of carbonyl (C=O) groups excluding carboxylic acids is 1. The lowest BCUT2D eigenvalue weighted by molar-refractivity contribution is 0.0975. The van der Waals surface area contributed by atoms with E-state index < -0.39 is 23.7 Å². The molecule has 0 aliphatic heterocycles. The molecule has 0 bridgehead atoms. The molecule has 0 fully saturated rings. The Hall–Kier alpha value is -3.31. The summed E-state index contributed by atoms with van der Waals surface area (Å²) in [5.41, 5.74) is 7.32. The lowest BCUT2D eigenvalue weighted by atomic mass is 9.96. The lowest BCUT2D eigenvalue weighted by Gasteiger charge is -2.20. The molecular formula is C23H27F2N5O. The largest absolute Gasteiger partial charge is 0.354 e. The fourth-order valence-corrected chi connectivity index (χ4v) is 2.93. The second-order valence-electron chi connectivity index (χ2n) is 7.48. The Morgan fingerprint density at radius 2 is 1.87 bits per heavy atom. The highest BCUT2D eigenvalue weighted by Gasteiger charge is 2.16. The van der Waals surface area contributed by atoms with Gasteiger partial charge in [-0.3, -0.25) is 10.1 Å². The molecule has 31 heavy (non-hydrogen) atoms. The van der Waals surface area contributed by atoms with Crippen molar-refractivity contribution in [3.63, 3.8) is 0 Å². The Labute approximate surface area is 181 Å². The zero-order chi connectivity index (χ0) is 23.0. The first-order chi connectivity index (χ1) is 14.7. The topological polar surface area (TPSA) is 103 Å². The van der Waals surface area contributed by atoms with Crippen LogP contribution in [0.3, 0.4) is 0 Å². The Morgan fingerprint density at radius 3 is 2.48 bits per heavy atom. The maximum Gasteiger partial charge on any atom is 0.257 e. The molecule has 1 amide bonds. The standard InChI is InChI=1S/C23H27F2N5O/c1-4-15(3)28-23(30-22(31)17-7-5-6-16(9-17)13-26)29-21(27)8-14(2)18-10-19(24)12-20(25)11-18/h5-7,9-12,14-15,21H,4,8,27H2,1-3H3,(H2,28,29,30,31). The number of amides is 1. The molecule has 0 saturated heterocycles. The summed E-state index contributed by atoms with van der Waals surface area (Å²) in [7, 11) is 0. The normalized spacial score (nSPS) is 14.3. The number of nitrogens with one attached hydrogen (secondary N) is 2. The zero-order valence-electron chi connectivity index (χ0n) is 17.8. The van der Waals surface area contributed by atoms with Crippen LogP contribution in [-0.4, -0.2) is 24.1 Å². The first-order valence-electron chi connectivity index (χ1n) is 10.1. The highest BCUT2D eigenvalue weighted by Crippen LogP contribution is 2.22. The van der Waals surface area contributed by atoms with Gasteiger partial charge in [0, 0.05) is 17.7 Å². The number of hydrogen-bond donors (Lipinski definition) is 3. The molecule has 0 radical (unpaired) electrons. The smallest absolute Gasteiger partial charge is 0.257 e. The molecule has 4 N–H and O–H groups in total. The van der Waals surface area contributed by atoms with E-state index in [1.807, 2.05) is 19.9 Å². The van der Waals surface area contributed by atoms with Crippen LogP contribution in [0.5, 0.6) is 0 Å². The number of carbonyl (C=O) groups is 1. The van der Waals surface area contributed by atoms with E-state index in [4.69, 9.17) is 11.0 Å². The first-order valence-corrected chi connectivity index (χ1v) is 10.1. The van der Waals surface area contributed by atoms with E-state index in [-0.39, 0.29) is 17.9 Å². The summed E-state index contributed by atoms with van der Waals surface area (Å²) in [5, 5.41) is 14.8. The van der Waals surface area contributed by atoms with Gasteiger partial charge in [0.2, 0.25) is 0 Å². The van der Waals surface area contributed by atoms with Crippen LogP contribution in [0.1, 0.15) is 61.0 Å². The molecular weight excluding hydrogens is 400 g/mol. The van der Waals surface area contributed by atoms with Gasteiger partial charge in [-0.15, -0.1) is 0 Å². The molecule has 0 saturated carbocycles. The van der Waals surface area contributed by atoms with Gasteiger partial charge in [-0.1, -0.05) is 19.9 Å². The van der Waals surface area contributed by atoms with Gasteiger partial charge in [-0.25, -0.2) is 13.8 Å². The number of nitriles is 1. The number of nitrogens with two attached hydrogens (primary N) is 1. The Balaban J connectivity index is 2.17. The predicted molar refractivity (Wildman–Crippen MR) is 116 cm³/mol. The van der Waals surface area contributed by atoms with Crippen LogP contribution in [0.4, 0.5) is 8.78 Å². The average Bonchev–Trinajstić information content (AvgIpc) is 2.72. The highest BCUT2D eigenvalue weighted by atomic mass is 19.1. The highest BCUT2D eigenvalue weighted by molar-refractivity contribution is 6.05. The minimum absolute atomic E-state index is 0.0198. The summed E-state index contributed by atoms with van der Waals surface area (Å²) < 4.78 is 27.0. The molecule has 0 spiro atoms. The van der Waals surface area contributed by atoms with Crippen LogP contribution in [0.15, 0.2) is 47.5 Å². The van der Waals surface area contributed by atoms with Crippen molar-refractivity contribution in [1.82, 2.24) is 10.6 Å². The van der Waals surface area contributed by atoms with Gasteiger partial charge >= 0.3 is 0 Å². The minimum Gasteiger partial charge on any atom is -0.354 e. The minimum atomic E-state index is -0.723. The van der Waals surface area contributed by atoms with Crippen molar-refractivity contribution in [2.45, 2.75) is 51.7 Å². The molecule has 2 aromatic carbocycles. The van der Waals surface area contributed by atoms with E-state index in [0.29, 0.717) is 23.1 Å². The Morgan fingerprint density at radius 1 is 1.19 bits per heavy atom. The monoisotopic (exact) mass is 427 g/mol. The average molecular weight is 427 g/mol. The number of rotatable bonds is 7. The van der Waals surface area contributed by atoms with Crippen LogP contribution in [0, 0.1) is 23.0 Å². The summed E-state index contributed by atoms with van der Waals surface area (Å²) in [5.74, 6) is -1.78. The summed E-state index contributed by atoms with van der Waals surface area (Å²) >= 11 is 0. The summed E-state index contributed by atoms with van der Waals surface area (Å²) in [6, 6.07) is 11.7. The molecule has 8 heteroatoms. The van der Waals surface area contributed by atoms with E-state index in [1.54, 1.807) is 25.1 Å². The SMILES string of the molecule is CCC(C)NC(=NC(N)CC(C)c1cc(F)cc(F)c1)NC(=O)c1cccc(C#N)c1. The quantitative estimate of drug-likeness (QED) is 0.462. The number of aliphatic imine (C=N–C) groups is 1. The molecule has 6 nitrogen and oxygen atoms in total. The summed E-state index contributed by atoms with van der Waals surface area (Å²) in [4.78, 5) is 17.0. The van der Waals surface area contributed by atoms with Gasteiger partial charge in [0.15, 0.2) is 5.96 Å². The number of halogens is 2. The van der Waals surface area contributed by atoms with Gasteiger partial charge in [0.05, 0.1) is 11.6 Å². The third kappa shape index (κ3) is 7.46. The van der Waals surface area contributed by atoms with E-state index in [2.05, 4.69) is 15.6 Å². The van der Waals surface area contributed by atoms with Crippen molar-refractivity contribution >= 4 is 11.9 Å². The maximum absolute atomic E-state index is 13.5. The van der Waals surface area contributed by atoms with Crippen LogP contribution < -0.4 is 16.4 Å². The van der Waals surface area contributed by atoms with Crippen molar-refractivity contribution in [2.75, 3.05) is 0 Å². The van der Waals surface area contributed by atoms with Crippen molar-refractivity contribution in [1.29, 1.82) is 5.26 Å². The number of guanidine groups is 1. The molecule has 3 atom stereocenters. The molecule has 0 aromatic heterocycles. The molecule has 2 rings (SSSR count). The fourth-order valence-electron chi connectivity index (χ4n) is 2.93. The molecule has 0 heterocycles. The van der Waals surface area contributed by atoms with Gasteiger partial charge in [-0.2, -0.15) is 5.26 Å². The molecule has 2 aromatic rings. The van der Waals surface area contributed by atoms with E-state index in [0.717, 1.165) is 12.5 Å².